The zero-order valence-corrected chi connectivity index (χ0v) is 14.3. The fourth-order valence-corrected chi connectivity index (χ4v) is 4.20. The number of anilines is 1. The van der Waals surface area contributed by atoms with Crippen LogP contribution in [-0.2, 0) is 9.53 Å². The highest BCUT2D eigenvalue weighted by Crippen LogP contribution is 2.32. The van der Waals surface area contributed by atoms with Crippen LogP contribution < -0.4 is 10.2 Å². The predicted octanol–water partition coefficient (Wildman–Crippen LogP) is 1.51. The second-order valence-corrected chi connectivity index (χ2v) is 7.09. The van der Waals surface area contributed by atoms with Crippen LogP contribution in [0.3, 0.4) is 0 Å². The van der Waals surface area contributed by atoms with E-state index in [-0.39, 0.29) is 11.9 Å². The Kier molecular flexibility index (Phi) is 5.51. The smallest absolute Gasteiger partial charge is 0.337 e. The van der Waals surface area contributed by atoms with E-state index in [1.54, 1.807) is 24.3 Å². The molecule has 2 N–H and O–H groups in total. The zero-order chi connectivity index (χ0) is 16.9. The summed E-state index contributed by atoms with van der Waals surface area (Å²) in [4.78, 5) is 25.1. The molecule has 3 rings (SSSR count). The predicted molar refractivity (Wildman–Crippen MR) is 92.0 cm³/mol. The van der Waals surface area contributed by atoms with Crippen molar-refractivity contribution in [2.45, 2.75) is 32.1 Å². The number of carbonyl (C=O) groups is 2. The molecule has 1 amide bonds. The molecule has 1 aliphatic heterocycles. The van der Waals surface area contributed by atoms with E-state index in [1.165, 1.54) is 44.1 Å². The molecule has 0 aromatic heterocycles. The van der Waals surface area contributed by atoms with Gasteiger partial charge in [0.15, 0.2) is 6.54 Å². The Morgan fingerprint density at radius 1 is 1.12 bits per heavy atom. The van der Waals surface area contributed by atoms with Gasteiger partial charge in [-0.3, -0.25) is 4.79 Å². The third-order valence-corrected chi connectivity index (χ3v) is 5.49. The van der Waals surface area contributed by atoms with E-state index in [0.717, 1.165) is 30.6 Å². The van der Waals surface area contributed by atoms with Crippen LogP contribution in [0.2, 0.25) is 0 Å². The number of methoxy groups -OCH3 is 1. The van der Waals surface area contributed by atoms with Crippen molar-refractivity contribution >= 4 is 17.6 Å². The van der Waals surface area contributed by atoms with Crippen molar-refractivity contribution in [2.24, 2.45) is 11.8 Å². The van der Waals surface area contributed by atoms with E-state index in [0.29, 0.717) is 12.1 Å². The van der Waals surface area contributed by atoms with Crippen molar-refractivity contribution in [1.29, 1.82) is 0 Å². The molecule has 3 atom stereocenters. The van der Waals surface area contributed by atoms with Crippen LogP contribution in [0, 0.1) is 11.8 Å². The van der Waals surface area contributed by atoms with Crippen LogP contribution in [0.4, 0.5) is 5.69 Å². The largest absolute Gasteiger partial charge is 0.465 e. The van der Waals surface area contributed by atoms with Crippen molar-refractivity contribution < 1.29 is 19.2 Å². The lowest BCUT2D eigenvalue weighted by Gasteiger charge is -2.38. The molecule has 130 valence electrons. The number of hydrogen-bond acceptors (Lipinski definition) is 3. The average Bonchev–Trinajstić information content (AvgIpc) is 2.61. The molecule has 1 heterocycles. The van der Waals surface area contributed by atoms with Gasteiger partial charge >= 0.3 is 5.97 Å². The van der Waals surface area contributed by atoms with Crippen LogP contribution in [0.1, 0.15) is 42.5 Å². The number of nitrogens with one attached hydrogen (secondary N) is 2. The molecule has 24 heavy (non-hydrogen) atoms. The minimum absolute atomic E-state index is 0.0464. The van der Waals surface area contributed by atoms with E-state index in [2.05, 4.69) is 10.1 Å². The minimum Gasteiger partial charge on any atom is -0.465 e. The van der Waals surface area contributed by atoms with Crippen LogP contribution >= 0.6 is 0 Å². The lowest BCUT2D eigenvalue weighted by Crippen LogP contribution is -3.15. The molecule has 1 aromatic carbocycles. The van der Waals surface area contributed by atoms with Gasteiger partial charge in [-0.2, -0.15) is 0 Å². The van der Waals surface area contributed by atoms with Gasteiger partial charge in [-0.25, -0.2) is 4.79 Å². The zero-order valence-electron chi connectivity index (χ0n) is 14.3. The first-order chi connectivity index (χ1) is 11.7. The van der Waals surface area contributed by atoms with Crippen molar-refractivity contribution in [3.05, 3.63) is 29.8 Å². The molecule has 0 bridgehead atoms. The molecule has 1 aliphatic carbocycles. The maximum atomic E-state index is 12.3. The summed E-state index contributed by atoms with van der Waals surface area (Å²) in [6.45, 7) is 2.78. The summed E-state index contributed by atoms with van der Waals surface area (Å²) in [5, 5.41) is 2.93. The molecule has 0 radical (unpaired) electrons. The van der Waals surface area contributed by atoms with E-state index < -0.39 is 0 Å². The summed E-state index contributed by atoms with van der Waals surface area (Å²) in [5.41, 5.74) is 1.21. The molecule has 1 saturated carbocycles. The van der Waals surface area contributed by atoms with Crippen LogP contribution in [0.5, 0.6) is 0 Å². The van der Waals surface area contributed by atoms with Crippen LogP contribution in [-0.4, -0.2) is 38.6 Å². The number of hydrogen-bond donors (Lipinski definition) is 2. The summed E-state index contributed by atoms with van der Waals surface area (Å²) in [5.74, 6) is 1.39. The van der Waals surface area contributed by atoms with E-state index in [1.807, 2.05) is 0 Å². The summed E-state index contributed by atoms with van der Waals surface area (Å²) in [7, 11) is 1.36. The normalized spacial score (nSPS) is 26.3. The van der Waals surface area contributed by atoms with Gasteiger partial charge in [0, 0.05) is 11.6 Å². The average molecular weight is 331 g/mol. The number of fused-ring (bicyclic) bond motifs is 1. The Bertz CT molecular complexity index is 585. The Morgan fingerprint density at radius 2 is 1.83 bits per heavy atom. The molecule has 0 spiro atoms. The lowest BCUT2D eigenvalue weighted by molar-refractivity contribution is -0.902. The Balaban J connectivity index is 1.49. The van der Waals surface area contributed by atoms with Crippen molar-refractivity contribution in [3.8, 4) is 0 Å². The molecule has 1 aromatic rings. The second-order valence-electron chi connectivity index (χ2n) is 7.09. The number of rotatable bonds is 4. The molecule has 1 saturated heterocycles. The molecule has 5 nitrogen and oxygen atoms in total. The summed E-state index contributed by atoms with van der Waals surface area (Å²) in [6.07, 6.45) is 6.73. The second kappa shape index (κ2) is 7.79. The molecule has 2 aliphatic rings. The van der Waals surface area contributed by atoms with Gasteiger partial charge in [-0.1, -0.05) is 12.8 Å². The van der Waals surface area contributed by atoms with Gasteiger partial charge in [-0.15, -0.1) is 0 Å². The van der Waals surface area contributed by atoms with Gasteiger partial charge in [0.25, 0.3) is 5.91 Å². The molecule has 5 heteroatoms. The minimum atomic E-state index is -0.368. The molecular weight excluding hydrogens is 304 g/mol. The standard InChI is InChI=1S/C19H26N2O3/c1-24-19(23)15-6-8-17(9-7-15)20-18(22)13-21-11-10-14-4-2-3-5-16(14)12-21/h6-9,14,16H,2-5,10-13H2,1H3,(H,20,22)/p+1/t14-,16-/m1/s1. The van der Waals surface area contributed by atoms with Crippen LogP contribution in [0.15, 0.2) is 24.3 Å². The van der Waals surface area contributed by atoms with E-state index in [9.17, 15) is 9.59 Å². The number of benzene rings is 1. The van der Waals surface area contributed by atoms with Crippen molar-refractivity contribution in [2.75, 3.05) is 32.1 Å². The summed E-state index contributed by atoms with van der Waals surface area (Å²) < 4.78 is 4.67. The highest BCUT2D eigenvalue weighted by Gasteiger charge is 2.34. The van der Waals surface area contributed by atoms with E-state index in [4.69, 9.17) is 0 Å². The van der Waals surface area contributed by atoms with Gasteiger partial charge in [0.05, 0.1) is 25.8 Å². The first-order valence-corrected chi connectivity index (χ1v) is 8.97. The number of piperidine rings is 1. The summed E-state index contributed by atoms with van der Waals surface area (Å²) in [6, 6.07) is 6.82. The number of esters is 1. The Hall–Kier alpha value is -1.88. The lowest BCUT2D eigenvalue weighted by atomic mass is 9.75. The topological polar surface area (TPSA) is 59.8 Å². The number of carbonyl (C=O) groups excluding carboxylic acids is 2. The van der Waals surface area contributed by atoms with Crippen molar-refractivity contribution in [1.82, 2.24) is 0 Å². The maximum absolute atomic E-state index is 12.3. The fourth-order valence-electron chi connectivity index (χ4n) is 4.20. The van der Waals surface area contributed by atoms with Gasteiger partial charge in [0.2, 0.25) is 0 Å². The number of quaternary nitrogens is 1. The Labute approximate surface area is 143 Å². The Morgan fingerprint density at radius 3 is 2.54 bits per heavy atom. The summed E-state index contributed by atoms with van der Waals surface area (Å²) >= 11 is 0. The molecule has 2 fully saturated rings. The number of likely N-dealkylation sites (tertiary alicyclic amines) is 1. The fraction of sp³-hybridized carbons (Fsp3) is 0.579. The molecular formula is C19H27N2O3+. The van der Waals surface area contributed by atoms with Crippen molar-refractivity contribution in [3.63, 3.8) is 0 Å². The van der Waals surface area contributed by atoms with Gasteiger partial charge in [-0.05, 0) is 49.4 Å². The van der Waals surface area contributed by atoms with Gasteiger partial charge in [0.1, 0.15) is 0 Å². The van der Waals surface area contributed by atoms with Crippen LogP contribution in [0.25, 0.3) is 0 Å². The highest BCUT2D eigenvalue weighted by atomic mass is 16.5. The number of ether oxygens (including phenoxy) is 1. The highest BCUT2D eigenvalue weighted by molar-refractivity contribution is 5.93. The SMILES string of the molecule is COC(=O)c1ccc(NC(=O)C[NH+]2CC[C@H]3CCCC[C@@H]3C2)cc1. The quantitative estimate of drug-likeness (QED) is 0.822. The number of amides is 1. The van der Waals surface area contributed by atoms with Gasteiger partial charge < -0.3 is 15.0 Å². The van der Waals surface area contributed by atoms with E-state index >= 15 is 0 Å². The third kappa shape index (κ3) is 4.15. The monoisotopic (exact) mass is 331 g/mol. The first kappa shape index (κ1) is 17.0. The first-order valence-electron chi connectivity index (χ1n) is 8.97. The molecule has 1 unspecified atom stereocenters. The maximum Gasteiger partial charge on any atom is 0.337 e. The third-order valence-electron chi connectivity index (χ3n) is 5.49.